The van der Waals surface area contributed by atoms with Crippen LogP contribution >= 0.6 is 0 Å². The summed E-state index contributed by atoms with van der Waals surface area (Å²) in [5.74, 6) is 2.24. The highest BCUT2D eigenvalue weighted by Crippen LogP contribution is 2.33. The Morgan fingerprint density at radius 1 is 1.00 bits per heavy atom. The monoisotopic (exact) mass is 366 g/mol. The minimum Gasteiger partial charge on any atom is -0.486 e. The third-order valence-electron chi connectivity index (χ3n) is 4.07. The van der Waals surface area contributed by atoms with E-state index in [-0.39, 0.29) is 5.82 Å². The molecule has 0 spiro atoms. The average molecular weight is 366 g/mol. The predicted molar refractivity (Wildman–Crippen MR) is 101 cm³/mol. The molecule has 1 aliphatic heterocycles. The van der Waals surface area contributed by atoms with E-state index in [0.717, 1.165) is 17.1 Å². The molecule has 3 aromatic rings. The summed E-state index contributed by atoms with van der Waals surface area (Å²) in [6.07, 6.45) is 0. The molecule has 0 atom stereocenters. The number of ether oxygens (including phenoxy) is 2. The molecule has 7 heteroatoms. The molecule has 0 bridgehead atoms. The molecule has 0 radical (unpaired) electrons. The van der Waals surface area contributed by atoms with Gasteiger partial charge in [0.1, 0.15) is 24.8 Å². The second-order valence-electron chi connectivity index (χ2n) is 6.15. The van der Waals surface area contributed by atoms with Gasteiger partial charge in [-0.15, -0.1) is 0 Å². The van der Waals surface area contributed by atoms with Gasteiger partial charge in [-0.05, 0) is 25.1 Å². The van der Waals surface area contributed by atoms with E-state index < -0.39 is 0 Å². The van der Waals surface area contributed by atoms with E-state index in [0.29, 0.717) is 42.8 Å². The summed E-state index contributed by atoms with van der Waals surface area (Å²) in [6, 6.07) is 14.1. The molecule has 0 aliphatic carbocycles. The Bertz CT molecular complexity index is 964. The van der Waals surface area contributed by atoms with Crippen molar-refractivity contribution in [3.63, 3.8) is 0 Å². The number of aromatic nitrogens is 2. The first-order valence-electron chi connectivity index (χ1n) is 8.67. The number of rotatable bonds is 5. The lowest BCUT2D eigenvalue weighted by atomic mass is 10.2. The number of nitrogens with one attached hydrogen (secondary N) is 2. The number of hydrogen-bond acceptors (Lipinski definition) is 6. The third kappa shape index (κ3) is 4.08. The SMILES string of the molecule is Cc1cc(NCc2ccccc2F)nc(Nc2ccc3c(c2)OCCO3)n1. The van der Waals surface area contributed by atoms with E-state index in [2.05, 4.69) is 20.6 Å². The van der Waals surface area contributed by atoms with E-state index in [1.807, 2.05) is 31.2 Å². The van der Waals surface area contributed by atoms with Gasteiger partial charge in [-0.1, -0.05) is 18.2 Å². The van der Waals surface area contributed by atoms with Crippen LogP contribution in [0.1, 0.15) is 11.3 Å². The Hall–Kier alpha value is -3.35. The lowest BCUT2D eigenvalue weighted by Crippen LogP contribution is -2.15. The molecule has 2 N–H and O–H groups in total. The molecule has 6 nitrogen and oxygen atoms in total. The van der Waals surface area contributed by atoms with Crippen LogP contribution in [-0.4, -0.2) is 23.2 Å². The molecule has 0 fully saturated rings. The van der Waals surface area contributed by atoms with Gasteiger partial charge in [0.2, 0.25) is 5.95 Å². The van der Waals surface area contributed by atoms with Crippen LogP contribution in [0.25, 0.3) is 0 Å². The summed E-state index contributed by atoms with van der Waals surface area (Å²) in [7, 11) is 0. The highest BCUT2D eigenvalue weighted by atomic mass is 19.1. The molecule has 0 amide bonds. The molecule has 2 aromatic carbocycles. The zero-order chi connectivity index (χ0) is 18.6. The number of nitrogens with zero attached hydrogens (tertiary/aromatic N) is 2. The molecule has 1 aromatic heterocycles. The zero-order valence-electron chi connectivity index (χ0n) is 14.8. The van der Waals surface area contributed by atoms with Crippen molar-refractivity contribution in [2.45, 2.75) is 13.5 Å². The first kappa shape index (κ1) is 17.1. The average Bonchev–Trinajstić information content (AvgIpc) is 2.67. The zero-order valence-corrected chi connectivity index (χ0v) is 14.8. The summed E-state index contributed by atoms with van der Waals surface area (Å²) < 4.78 is 24.9. The number of halogens is 1. The molecule has 27 heavy (non-hydrogen) atoms. The summed E-state index contributed by atoms with van der Waals surface area (Å²) in [5, 5.41) is 6.32. The molecule has 0 saturated carbocycles. The van der Waals surface area contributed by atoms with Gasteiger partial charge in [-0.25, -0.2) is 9.37 Å². The third-order valence-corrected chi connectivity index (χ3v) is 4.07. The highest BCUT2D eigenvalue weighted by molar-refractivity contribution is 5.61. The van der Waals surface area contributed by atoms with Crippen LogP contribution in [0.2, 0.25) is 0 Å². The molecular formula is C20H19FN4O2. The van der Waals surface area contributed by atoms with Crippen LogP contribution in [0.5, 0.6) is 11.5 Å². The molecule has 1 aliphatic rings. The van der Waals surface area contributed by atoms with Gasteiger partial charge in [0, 0.05) is 35.6 Å². The van der Waals surface area contributed by atoms with Gasteiger partial charge < -0.3 is 20.1 Å². The van der Waals surface area contributed by atoms with Crippen molar-refractivity contribution in [2.24, 2.45) is 0 Å². The second-order valence-corrected chi connectivity index (χ2v) is 6.15. The van der Waals surface area contributed by atoms with Crippen molar-refractivity contribution in [1.82, 2.24) is 9.97 Å². The Labute approximate surface area is 156 Å². The summed E-state index contributed by atoms with van der Waals surface area (Å²) in [4.78, 5) is 8.86. The number of fused-ring (bicyclic) bond motifs is 1. The quantitative estimate of drug-likeness (QED) is 0.710. The van der Waals surface area contributed by atoms with Gasteiger partial charge in [-0.2, -0.15) is 4.98 Å². The Kier molecular flexibility index (Phi) is 4.74. The lowest BCUT2D eigenvalue weighted by Gasteiger charge is -2.19. The molecule has 2 heterocycles. The second kappa shape index (κ2) is 7.49. The van der Waals surface area contributed by atoms with Crippen molar-refractivity contribution in [3.05, 3.63) is 65.6 Å². The molecular weight excluding hydrogens is 347 g/mol. The van der Waals surface area contributed by atoms with Crippen LogP contribution in [0, 0.1) is 12.7 Å². The molecule has 138 valence electrons. The van der Waals surface area contributed by atoms with E-state index in [4.69, 9.17) is 9.47 Å². The number of anilines is 3. The summed E-state index contributed by atoms with van der Waals surface area (Å²) in [6.45, 7) is 3.30. The highest BCUT2D eigenvalue weighted by Gasteiger charge is 2.12. The molecule has 4 rings (SSSR count). The number of aryl methyl sites for hydroxylation is 1. The normalized spacial score (nSPS) is 12.5. The van der Waals surface area contributed by atoms with Gasteiger partial charge in [-0.3, -0.25) is 0 Å². The Balaban J connectivity index is 1.50. The molecule has 0 saturated heterocycles. The maximum absolute atomic E-state index is 13.8. The van der Waals surface area contributed by atoms with E-state index in [9.17, 15) is 4.39 Å². The first-order valence-corrected chi connectivity index (χ1v) is 8.67. The molecule has 0 unspecified atom stereocenters. The summed E-state index contributed by atoms with van der Waals surface area (Å²) >= 11 is 0. The van der Waals surface area contributed by atoms with Crippen molar-refractivity contribution >= 4 is 17.5 Å². The van der Waals surface area contributed by atoms with Gasteiger partial charge in [0.05, 0.1) is 0 Å². The van der Waals surface area contributed by atoms with Crippen LogP contribution in [0.4, 0.5) is 21.8 Å². The lowest BCUT2D eigenvalue weighted by molar-refractivity contribution is 0.171. The fourth-order valence-electron chi connectivity index (χ4n) is 2.79. The van der Waals surface area contributed by atoms with Crippen molar-refractivity contribution in [3.8, 4) is 11.5 Å². The van der Waals surface area contributed by atoms with Crippen molar-refractivity contribution in [1.29, 1.82) is 0 Å². The van der Waals surface area contributed by atoms with E-state index in [1.54, 1.807) is 18.2 Å². The number of benzene rings is 2. The van der Waals surface area contributed by atoms with E-state index >= 15 is 0 Å². The maximum atomic E-state index is 13.8. The smallest absolute Gasteiger partial charge is 0.229 e. The predicted octanol–water partition coefficient (Wildman–Crippen LogP) is 4.05. The standard InChI is InChI=1S/C20H19FN4O2/c1-13-10-19(22-12-14-4-2-3-5-16(14)21)25-20(23-13)24-15-6-7-17-18(11-15)27-9-8-26-17/h2-7,10-11H,8-9,12H2,1H3,(H2,22,23,24,25). The maximum Gasteiger partial charge on any atom is 0.229 e. The largest absolute Gasteiger partial charge is 0.486 e. The van der Waals surface area contributed by atoms with Gasteiger partial charge >= 0.3 is 0 Å². The topological polar surface area (TPSA) is 68.3 Å². The minimum absolute atomic E-state index is 0.245. The Morgan fingerprint density at radius 3 is 2.67 bits per heavy atom. The van der Waals surface area contributed by atoms with Crippen LogP contribution in [0.3, 0.4) is 0 Å². The van der Waals surface area contributed by atoms with Crippen molar-refractivity contribution < 1.29 is 13.9 Å². The summed E-state index contributed by atoms with van der Waals surface area (Å²) in [5.41, 5.74) is 2.17. The van der Waals surface area contributed by atoms with Crippen molar-refractivity contribution in [2.75, 3.05) is 23.8 Å². The fourth-order valence-corrected chi connectivity index (χ4v) is 2.79. The van der Waals surface area contributed by atoms with Gasteiger partial charge in [0.25, 0.3) is 0 Å². The number of hydrogen-bond donors (Lipinski definition) is 2. The minimum atomic E-state index is -0.245. The Morgan fingerprint density at radius 2 is 1.81 bits per heavy atom. The van der Waals surface area contributed by atoms with Crippen LogP contribution in [0.15, 0.2) is 48.5 Å². The first-order chi connectivity index (χ1) is 13.2. The van der Waals surface area contributed by atoms with Gasteiger partial charge in [0.15, 0.2) is 11.5 Å². The van der Waals surface area contributed by atoms with Crippen LogP contribution < -0.4 is 20.1 Å². The fraction of sp³-hybridized carbons (Fsp3) is 0.200. The van der Waals surface area contributed by atoms with Crippen LogP contribution in [-0.2, 0) is 6.54 Å². The van der Waals surface area contributed by atoms with E-state index in [1.165, 1.54) is 6.07 Å².